The Balaban J connectivity index is 2.18. The van der Waals surface area contributed by atoms with Gasteiger partial charge in [-0.2, -0.15) is 0 Å². The third-order valence-corrected chi connectivity index (χ3v) is 4.19. The number of thioether (sulfide) groups is 1. The molecule has 0 spiro atoms. The molecule has 1 aromatic rings. The predicted octanol–water partition coefficient (Wildman–Crippen LogP) is 2.51. The van der Waals surface area contributed by atoms with Crippen molar-refractivity contribution >= 4 is 17.7 Å². The van der Waals surface area contributed by atoms with E-state index >= 15 is 0 Å². The van der Waals surface area contributed by atoms with Gasteiger partial charge in [0.25, 0.3) is 0 Å². The molecule has 0 amide bonds. The highest BCUT2D eigenvalue weighted by molar-refractivity contribution is 7.99. The summed E-state index contributed by atoms with van der Waals surface area (Å²) in [6.07, 6.45) is 0.877. The molecule has 98 valence electrons. The maximum Gasteiger partial charge on any atom is 0.322 e. The molecular formula is C13H16FNO2S. The molecule has 1 heterocycles. The van der Waals surface area contributed by atoms with Crippen molar-refractivity contribution in [3.8, 4) is 0 Å². The fraction of sp³-hybridized carbons (Fsp3) is 0.462. The molecule has 0 radical (unpaired) electrons. The third kappa shape index (κ3) is 2.67. The summed E-state index contributed by atoms with van der Waals surface area (Å²) in [6, 6.07) is 4.70. The molecule has 3 nitrogen and oxygen atoms in total. The van der Waals surface area contributed by atoms with Gasteiger partial charge in [-0.05, 0) is 30.7 Å². The molecule has 0 aliphatic carbocycles. The molecule has 1 N–H and O–H groups in total. The number of ether oxygens (including phenoxy) is 1. The van der Waals surface area contributed by atoms with Crippen molar-refractivity contribution in [3.05, 3.63) is 29.6 Å². The van der Waals surface area contributed by atoms with Crippen LogP contribution in [0.2, 0.25) is 0 Å². The van der Waals surface area contributed by atoms with E-state index in [1.165, 1.54) is 24.9 Å². The molecule has 2 rings (SSSR count). The summed E-state index contributed by atoms with van der Waals surface area (Å²) in [4.78, 5) is 12.1. The van der Waals surface area contributed by atoms with E-state index in [0.29, 0.717) is 4.90 Å². The molecule has 1 aliphatic heterocycles. The Hall–Kier alpha value is -1.07. The minimum Gasteiger partial charge on any atom is -0.468 e. The van der Waals surface area contributed by atoms with Crippen LogP contribution in [0, 0.1) is 5.82 Å². The van der Waals surface area contributed by atoms with Gasteiger partial charge in [-0.25, -0.2) is 4.39 Å². The molecule has 0 bridgehead atoms. The monoisotopic (exact) mass is 269 g/mol. The average molecular weight is 269 g/mol. The number of fused-ring (bicyclic) bond motifs is 1. The number of hydrogen-bond acceptors (Lipinski definition) is 4. The van der Waals surface area contributed by atoms with Crippen LogP contribution >= 0.6 is 11.8 Å². The van der Waals surface area contributed by atoms with Crippen molar-refractivity contribution in [2.75, 3.05) is 12.9 Å². The zero-order valence-corrected chi connectivity index (χ0v) is 11.2. The molecule has 0 fully saturated rings. The smallest absolute Gasteiger partial charge is 0.322 e. The number of halogens is 1. The highest BCUT2D eigenvalue weighted by Gasteiger charge is 2.26. The first-order valence-corrected chi connectivity index (χ1v) is 6.87. The number of hydrogen-bond donors (Lipinski definition) is 1. The van der Waals surface area contributed by atoms with Gasteiger partial charge in [-0.1, -0.05) is 12.1 Å². The van der Waals surface area contributed by atoms with Crippen LogP contribution in [0.1, 0.15) is 24.9 Å². The number of nitrogens with one attached hydrogen (secondary N) is 1. The number of rotatable bonds is 3. The Morgan fingerprint density at radius 1 is 1.61 bits per heavy atom. The minimum atomic E-state index is -0.390. The van der Waals surface area contributed by atoms with Crippen LogP contribution in [0.5, 0.6) is 0 Å². The molecule has 5 heteroatoms. The second-order valence-electron chi connectivity index (χ2n) is 4.26. The van der Waals surface area contributed by atoms with Crippen molar-refractivity contribution < 1.29 is 13.9 Å². The minimum absolute atomic E-state index is 0.00560. The van der Waals surface area contributed by atoms with Crippen LogP contribution in [0.25, 0.3) is 0 Å². The highest BCUT2D eigenvalue weighted by atomic mass is 32.2. The van der Waals surface area contributed by atoms with Gasteiger partial charge in [-0.15, -0.1) is 11.8 Å². The molecule has 1 aliphatic rings. The van der Waals surface area contributed by atoms with E-state index in [0.717, 1.165) is 17.7 Å². The second-order valence-corrected chi connectivity index (χ2v) is 5.36. The number of carbonyl (C=O) groups excluding carboxylic acids is 1. The molecule has 0 aromatic heterocycles. The average Bonchev–Trinajstić information content (AvgIpc) is 2.39. The number of esters is 1. The van der Waals surface area contributed by atoms with Gasteiger partial charge >= 0.3 is 5.97 Å². The van der Waals surface area contributed by atoms with E-state index in [-0.39, 0.29) is 23.9 Å². The molecule has 0 saturated heterocycles. The summed E-state index contributed by atoms with van der Waals surface area (Å²) in [6.45, 7) is 1.76. The van der Waals surface area contributed by atoms with Gasteiger partial charge in [0.2, 0.25) is 0 Å². The molecular weight excluding hydrogens is 253 g/mol. The maximum atomic E-state index is 13.7. The van der Waals surface area contributed by atoms with Gasteiger partial charge < -0.3 is 4.74 Å². The predicted molar refractivity (Wildman–Crippen MR) is 69.1 cm³/mol. The standard InChI is InChI=1S/C13H16FNO2S/c1-8(13(16)17-2)15-11-6-7-18-12-9(11)4-3-5-10(12)14/h3-5,8,11,15H,6-7H2,1-2H3. The Morgan fingerprint density at radius 2 is 2.39 bits per heavy atom. The van der Waals surface area contributed by atoms with Gasteiger partial charge in [-0.3, -0.25) is 10.1 Å². The van der Waals surface area contributed by atoms with Crippen molar-refractivity contribution in [2.45, 2.75) is 30.3 Å². The van der Waals surface area contributed by atoms with Gasteiger partial charge in [0.15, 0.2) is 0 Å². The van der Waals surface area contributed by atoms with Crippen molar-refractivity contribution in [3.63, 3.8) is 0 Å². The van der Waals surface area contributed by atoms with Crippen LogP contribution < -0.4 is 5.32 Å². The first-order chi connectivity index (χ1) is 8.63. The van der Waals surface area contributed by atoms with E-state index in [2.05, 4.69) is 10.1 Å². The normalized spacial score (nSPS) is 20.1. The summed E-state index contributed by atoms with van der Waals surface area (Å²) in [5.74, 6) is 0.361. The Kier molecular flexibility index (Phi) is 4.24. The highest BCUT2D eigenvalue weighted by Crippen LogP contribution is 2.37. The lowest BCUT2D eigenvalue weighted by Gasteiger charge is -2.28. The topological polar surface area (TPSA) is 38.3 Å². The van der Waals surface area contributed by atoms with E-state index in [1.54, 1.807) is 13.0 Å². The first-order valence-electron chi connectivity index (χ1n) is 5.88. The fourth-order valence-electron chi connectivity index (χ4n) is 2.11. The van der Waals surface area contributed by atoms with Crippen LogP contribution in [0.3, 0.4) is 0 Å². The molecule has 2 unspecified atom stereocenters. The molecule has 18 heavy (non-hydrogen) atoms. The van der Waals surface area contributed by atoms with Crippen molar-refractivity contribution in [1.29, 1.82) is 0 Å². The van der Waals surface area contributed by atoms with Crippen molar-refractivity contribution in [2.24, 2.45) is 0 Å². The summed E-state index contributed by atoms with van der Waals surface area (Å²) in [7, 11) is 1.37. The van der Waals surface area contributed by atoms with E-state index in [4.69, 9.17) is 0 Å². The van der Waals surface area contributed by atoms with Gasteiger partial charge in [0.05, 0.1) is 7.11 Å². The SMILES string of the molecule is COC(=O)C(C)NC1CCSc2c(F)cccc21. The zero-order valence-electron chi connectivity index (χ0n) is 10.4. The Bertz CT molecular complexity index is 453. The second kappa shape index (κ2) is 5.71. The Labute approximate surface area is 110 Å². The summed E-state index contributed by atoms with van der Waals surface area (Å²) >= 11 is 1.53. The van der Waals surface area contributed by atoms with Gasteiger partial charge in [0.1, 0.15) is 11.9 Å². The van der Waals surface area contributed by atoms with Gasteiger partial charge in [0, 0.05) is 10.9 Å². The zero-order chi connectivity index (χ0) is 13.1. The van der Waals surface area contributed by atoms with E-state index < -0.39 is 0 Å². The van der Waals surface area contributed by atoms with Crippen LogP contribution in [-0.2, 0) is 9.53 Å². The molecule has 1 aromatic carbocycles. The Morgan fingerprint density at radius 3 is 3.11 bits per heavy atom. The largest absolute Gasteiger partial charge is 0.468 e. The van der Waals surface area contributed by atoms with Crippen molar-refractivity contribution in [1.82, 2.24) is 5.32 Å². The lowest BCUT2D eigenvalue weighted by Crippen LogP contribution is -2.38. The molecule has 0 saturated carbocycles. The van der Waals surface area contributed by atoms with E-state index in [1.807, 2.05) is 6.07 Å². The summed E-state index contributed by atoms with van der Waals surface area (Å²) in [5.41, 5.74) is 0.932. The number of benzene rings is 1. The summed E-state index contributed by atoms with van der Waals surface area (Å²) in [5, 5.41) is 3.20. The van der Waals surface area contributed by atoms with Crippen LogP contribution in [0.4, 0.5) is 4.39 Å². The third-order valence-electron chi connectivity index (χ3n) is 3.03. The molecule has 2 atom stereocenters. The number of methoxy groups -OCH3 is 1. The summed E-state index contributed by atoms with van der Waals surface area (Å²) < 4.78 is 18.4. The quantitative estimate of drug-likeness (QED) is 0.856. The fourth-order valence-corrected chi connectivity index (χ4v) is 3.25. The lowest BCUT2D eigenvalue weighted by atomic mass is 10.0. The first kappa shape index (κ1) is 13.4. The van der Waals surface area contributed by atoms with Crippen LogP contribution in [-0.4, -0.2) is 24.9 Å². The van der Waals surface area contributed by atoms with Crippen LogP contribution in [0.15, 0.2) is 23.1 Å². The lowest BCUT2D eigenvalue weighted by molar-refractivity contribution is -0.142. The maximum absolute atomic E-state index is 13.7. The number of carbonyl (C=O) groups is 1. The van der Waals surface area contributed by atoms with E-state index in [9.17, 15) is 9.18 Å².